The van der Waals surface area contributed by atoms with Crippen LogP contribution in [0.4, 0.5) is 34.1 Å². The zero-order chi connectivity index (χ0) is 48.7. The van der Waals surface area contributed by atoms with E-state index < -0.39 is 0 Å². The third-order valence-corrected chi connectivity index (χ3v) is 15.1. The van der Waals surface area contributed by atoms with Gasteiger partial charge in [0.25, 0.3) is 0 Å². The number of fused-ring (bicyclic) bond motifs is 6. The predicted molar refractivity (Wildman–Crippen MR) is 300 cm³/mol. The van der Waals surface area contributed by atoms with E-state index in [9.17, 15) is 0 Å². The Morgan fingerprint density at radius 3 is 1.10 bits per heavy atom. The van der Waals surface area contributed by atoms with Crippen molar-refractivity contribution in [3.63, 3.8) is 0 Å². The molecule has 12 rings (SSSR count). The number of nitrogens with zero attached hydrogens (tertiary/aromatic N) is 2. The average Bonchev–Trinajstić information content (AvgIpc) is 3.92. The highest BCUT2D eigenvalue weighted by Gasteiger charge is 2.30. The highest BCUT2D eigenvalue weighted by molar-refractivity contribution is 6.29. The van der Waals surface area contributed by atoms with Crippen LogP contribution in [0.3, 0.4) is 0 Å². The lowest BCUT2D eigenvalue weighted by molar-refractivity contribution is 0.572. The summed E-state index contributed by atoms with van der Waals surface area (Å²) in [5.74, 6) is 0. The molecule has 0 saturated carbocycles. The standard InChI is InChI=1S/C66H60N2O2/c1-37-19-21-39(3)55(35-37)67(53-17-13-15-47-57-41(5)23-31-49(65(7,8)9)63(57)69-61(47)53)51-33-27-43-26-30-46-52(34-28-44-25-29-45(51)59(43)60(44)46)68(56-36-38(2)20-22-40(56)4)54-18-14-16-48-58-42(6)24-32-50(66(10,11)12)64(58)70-62(48)54/h13-36H,1-12H3. The number of benzene rings is 10. The Balaban J connectivity index is 1.15. The molecule has 0 bridgehead atoms. The molecule has 0 radical (unpaired) electrons. The van der Waals surface area contributed by atoms with Gasteiger partial charge in [-0.1, -0.05) is 151 Å². The molecule has 0 saturated heterocycles. The molecular formula is C66H60N2O2. The number of hydrogen-bond donors (Lipinski definition) is 0. The maximum atomic E-state index is 7.21. The van der Waals surface area contributed by atoms with E-state index in [0.29, 0.717) is 0 Å². The van der Waals surface area contributed by atoms with E-state index in [1.54, 1.807) is 0 Å². The number of aryl methyl sites for hydroxylation is 6. The first kappa shape index (κ1) is 43.7. The molecule has 0 N–H and O–H groups in total. The Bertz CT molecular complexity index is 3840. The molecule has 0 unspecified atom stereocenters. The van der Waals surface area contributed by atoms with Crippen molar-refractivity contribution in [2.75, 3.05) is 9.80 Å². The molecule has 0 aliphatic rings. The lowest BCUT2D eigenvalue weighted by Crippen LogP contribution is -2.13. The number of furan rings is 2. The molecular weight excluding hydrogens is 853 g/mol. The second-order valence-electron chi connectivity index (χ2n) is 22.1. The summed E-state index contributed by atoms with van der Waals surface area (Å²) in [4.78, 5) is 4.93. The topological polar surface area (TPSA) is 32.8 Å². The zero-order valence-corrected chi connectivity index (χ0v) is 42.6. The van der Waals surface area contributed by atoms with Crippen molar-refractivity contribution in [1.82, 2.24) is 0 Å². The largest absolute Gasteiger partial charge is 0.454 e. The van der Waals surface area contributed by atoms with Gasteiger partial charge in [0.15, 0.2) is 11.2 Å². The number of para-hydroxylation sites is 2. The van der Waals surface area contributed by atoms with Gasteiger partial charge in [-0.3, -0.25) is 0 Å². The van der Waals surface area contributed by atoms with Crippen LogP contribution in [0.1, 0.15) is 86.1 Å². The minimum absolute atomic E-state index is 0.0985. The van der Waals surface area contributed by atoms with Crippen LogP contribution in [-0.2, 0) is 10.8 Å². The summed E-state index contributed by atoms with van der Waals surface area (Å²) in [7, 11) is 0. The summed E-state index contributed by atoms with van der Waals surface area (Å²) in [6.07, 6.45) is 0. The highest BCUT2D eigenvalue weighted by Crippen LogP contribution is 2.52. The Morgan fingerprint density at radius 1 is 0.314 bits per heavy atom. The monoisotopic (exact) mass is 912 g/mol. The fourth-order valence-corrected chi connectivity index (χ4v) is 11.5. The summed E-state index contributed by atoms with van der Waals surface area (Å²) in [5, 5.41) is 11.9. The zero-order valence-electron chi connectivity index (χ0n) is 42.6. The van der Waals surface area contributed by atoms with Crippen molar-refractivity contribution in [3.05, 3.63) is 190 Å². The molecule has 4 nitrogen and oxygen atoms in total. The third-order valence-electron chi connectivity index (χ3n) is 15.1. The van der Waals surface area contributed by atoms with Crippen molar-refractivity contribution in [2.24, 2.45) is 0 Å². The normalized spacial score (nSPS) is 12.6. The lowest BCUT2D eigenvalue weighted by atomic mass is 9.85. The Kier molecular flexibility index (Phi) is 9.66. The first-order valence-corrected chi connectivity index (χ1v) is 24.8. The van der Waals surface area contributed by atoms with Crippen LogP contribution in [0.2, 0.25) is 0 Å². The van der Waals surface area contributed by atoms with Crippen LogP contribution in [-0.4, -0.2) is 0 Å². The molecule has 0 spiro atoms. The van der Waals surface area contributed by atoms with Gasteiger partial charge in [-0.2, -0.15) is 0 Å². The molecule has 0 fully saturated rings. The summed E-state index contributed by atoms with van der Waals surface area (Å²) in [5.41, 5.74) is 19.6. The van der Waals surface area contributed by atoms with Crippen molar-refractivity contribution in [3.8, 4) is 0 Å². The van der Waals surface area contributed by atoms with Gasteiger partial charge in [0.1, 0.15) is 11.2 Å². The Hall–Kier alpha value is -7.56. The second-order valence-corrected chi connectivity index (χ2v) is 22.1. The molecule has 0 atom stereocenters. The SMILES string of the molecule is Cc1ccc(C)c(N(c2ccc3ccc4c(N(c5cc(C)ccc5C)c5cccc6c5oc5c(C(C)(C)C)ccc(C)c56)ccc5ccc2c3c54)c2cccc3c2oc2c(C(C)(C)C)ccc(C)c23)c1. The molecule has 2 heterocycles. The maximum absolute atomic E-state index is 7.21. The Labute approximate surface area is 411 Å². The average molecular weight is 913 g/mol. The molecule has 0 amide bonds. The van der Waals surface area contributed by atoms with E-state index in [1.165, 1.54) is 87.6 Å². The lowest BCUT2D eigenvalue weighted by Gasteiger charge is -2.30. The van der Waals surface area contributed by atoms with Crippen molar-refractivity contribution >= 4 is 110 Å². The fraction of sp³-hybridized carbons (Fsp3) is 0.212. The molecule has 0 aliphatic heterocycles. The molecule has 2 aromatic heterocycles. The van der Waals surface area contributed by atoms with Crippen molar-refractivity contribution < 1.29 is 8.83 Å². The number of anilines is 6. The Morgan fingerprint density at radius 2 is 0.700 bits per heavy atom. The fourth-order valence-electron chi connectivity index (χ4n) is 11.5. The van der Waals surface area contributed by atoms with Crippen LogP contribution in [0.25, 0.3) is 76.2 Å². The molecule has 0 aliphatic carbocycles. The van der Waals surface area contributed by atoms with E-state index in [2.05, 4.69) is 238 Å². The van der Waals surface area contributed by atoms with Crippen LogP contribution in [0, 0.1) is 41.5 Å². The quantitative estimate of drug-likeness (QED) is 0.156. The van der Waals surface area contributed by atoms with Gasteiger partial charge in [-0.05, 0) is 144 Å². The molecule has 12 aromatic rings. The smallest absolute Gasteiger partial charge is 0.159 e. The summed E-state index contributed by atoms with van der Waals surface area (Å²) >= 11 is 0. The summed E-state index contributed by atoms with van der Waals surface area (Å²) < 4.78 is 14.4. The van der Waals surface area contributed by atoms with E-state index in [0.717, 1.165) is 67.2 Å². The predicted octanol–water partition coefficient (Wildman–Crippen LogP) is 19.8. The van der Waals surface area contributed by atoms with Crippen LogP contribution >= 0.6 is 0 Å². The first-order chi connectivity index (χ1) is 33.5. The summed E-state index contributed by atoms with van der Waals surface area (Å²) in [6.45, 7) is 26.9. The van der Waals surface area contributed by atoms with Gasteiger partial charge in [0.05, 0.1) is 22.7 Å². The van der Waals surface area contributed by atoms with Gasteiger partial charge in [0, 0.05) is 54.8 Å². The van der Waals surface area contributed by atoms with Gasteiger partial charge in [-0.25, -0.2) is 0 Å². The van der Waals surface area contributed by atoms with Crippen LogP contribution in [0.15, 0.2) is 154 Å². The number of rotatable bonds is 6. The first-order valence-electron chi connectivity index (χ1n) is 24.8. The second kappa shape index (κ2) is 15.5. The third kappa shape index (κ3) is 6.56. The van der Waals surface area contributed by atoms with E-state index in [-0.39, 0.29) is 10.8 Å². The van der Waals surface area contributed by atoms with Crippen molar-refractivity contribution in [1.29, 1.82) is 0 Å². The van der Waals surface area contributed by atoms with Crippen LogP contribution < -0.4 is 9.80 Å². The van der Waals surface area contributed by atoms with Gasteiger partial charge < -0.3 is 18.6 Å². The van der Waals surface area contributed by atoms with Gasteiger partial charge >= 0.3 is 0 Å². The molecule has 70 heavy (non-hydrogen) atoms. The van der Waals surface area contributed by atoms with Gasteiger partial charge in [0.2, 0.25) is 0 Å². The molecule has 4 heteroatoms. The number of hydrogen-bond acceptors (Lipinski definition) is 4. The summed E-state index contributed by atoms with van der Waals surface area (Å²) in [6, 6.07) is 54.5. The van der Waals surface area contributed by atoms with Crippen LogP contribution in [0.5, 0.6) is 0 Å². The van der Waals surface area contributed by atoms with E-state index >= 15 is 0 Å². The van der Waals surface area contributed by atoms with E-state index in [1.807, 2.05) is 0 Å². The molecule has 346 valence electrons. The maximum Gasteiger partial charge on any atom is 0.159 e. The molecule has 10 aromatic carbocycles. The highest BCUT2D eigenvalue weighted by atomic mass is 16.3. The minimum atomic E-state index is -0.0985. The van der Waals surface area contributed by atoms with E-state index in [4.69, 9.17) is 8.83 Å². The van der Waals surface area contributed by atoms with Gasteiger partial charge in [-0.15, -0.1) is 0 Å². The van der Waals surface area contributed by atoms with Crippen molar-refractivity contribution in [2.45, 2.75) is 93.9 Å². The minimum Gasteiger partial charge on any atom is -0.454 e.